The monoisotopic (exact) mass is 562 g/mol. The Balaban J connectivity index is 1.76. The first-order chi connectivity index (χ1) is 17.2. The van der Waals surface area contributed by atoms with Crippen LogP contribution in [-0.4, -0.2) is 78.2 Å². The molecule has 0 aromatic heterocycles. The van der Waals surface area contributed by atoms with Crippen LogP contribution in [0.2, 0.25) is 0 Å². The van der Waals surface area contributed by atoms with Gasteiger partial charge < -0.3 is 24.6 Å². The van der Waals surface area contributed by atoms with Crippen LogP contribution in [0.15, 0.2) is 40.4 Å². The molecule has 2 fully saturated rings. The Morgan fingerprint density at radius 2 is 1.92 bits per heavy atom. The molecule has 0 saturated carbocycles. The molecule has 2 N–H and O–H groups in total. The van der Waals surface area contributed by atoms with Crippen molar-refractivity contribution in [2.45, 2.75) is 19.4 Å². The summed E-state index contributed by atoms with van der Waals surface area (Å²) in [6.07, 6.45) is 0.596. The lowest BCUT2D eigenvalue weighted by Gasteiger charge is -2.29. The normalized spacial score (nSPS) is 20.2. The lowest BCUT2D eigenvalue weighted by molar-refractivity contribution is -0.140. The Morgan fingerprint density at radius 1 is 1.19 bits per heavy atom. The second-order valence-electron chi connectivity index (χ2n) is 8.82. The lowest BCUT2D eigenvalue weighted by atomic mass is 9.94. The first kappa shape index (κ1) is 26.1. The fourth-order valence-corrected chi connectivity index (χ4v) is 5.01. The summed E-state index contributed by atoms with van der Waals surface area (Å²) in [6.45, 7) is 5.45. The highest BCUT2D eigenvalue weighted by Gasteiger charge is 2.46. The minimum atomic E-state index is -0.954. The summed E-state index contributed by atoms with van der Waals surface area (Å²) >= 11 is 3.29. The van der Waals surface area contributed by atoms with Crippen LogP contribution in [0.5, 0.6) is 11.5 Å². The van der Waals surface area contributed by atoms with Gasteiger partial charge in [-0.25, -0.2) is 4.39 Å². The molecule has 2 aliphatic heterocycles. The van der Waals surface area contributed by atoms with Crippen molar-refractivity contribution < 1.29 is 33.7 Å². The Labute approximate surface area is 217 Å². The van der Waals surface area contributed by atoms with E-state index in [0.29, 0.717) is 41.8 Å². The highest BCUT2D eigenvalue weighted by molar-refractivity contribution is 9.10. The number of carbonyl (C=O) groups excluding carboxylic acids is 2. The topological polar surface area (TPSA) is 99.5 Å². The number of Topliss-reactive ketones (excluding diaryl/α,β-unsaturated/α-hetero) is 1. The minimum absolute atomic E-state index is 0.0965. The first-order valence-corrected chi connectivity index (χ1v) is 12.4. The summed E-state index contributed by atoms with van der Waals surface area (Å²) < 4.78 is 25.2. The Morgan fingerprint density at radius 3 is 2.58 bits per heavy atom. The van der Waals surface area contributed by atoms with Crippen molar-refractivity contribution >= 4 is 33.4 Å². The van der Waals surface area contributed by atoms with Gasteiger partial charge in [-0.3, -0.25) is 14.5 Å². The van der Waals surface area contributed by atoms with Gasteiger partial charge in [-0.15, -0.1) is 0 Å². The number of phenolic OH excluding ortho intramolecular Hbond substituents is 1. The van der Waals surface area contributed by atoms with E-state index in [1.165, 1.54) is 30.2 Å². The molecule has 8 nitrogen and oxygen atoms in total. The highest BCUT2D eigenvalue weighted by atomic mass is 79.9. The van der Waals surface area contributed by atoms with Crippen molar-refractivity contribution in [2.75, 3.05) is 46.5 Å². The lowest BCUT2D eigenvalue weighted by Crippen LogP contribution is -2.39. The van der Waals surface area contributed by atoms with Crippen LogP contribution in [0.3, 0.4) is 0 Å². The van der Waals surface area contributed by atoms with Gasteiger partial charge in [0.15, 0.2) is 11.5 Å². The van der Waals surface area contributed by atoms with Gasteiger partial charge in [0.2, 0.25) is 0 Å². The SMILES string of the molecule is COc1cc([C@@H]2C(=C(O)c3ccc(C)c(F)c3)C(=O)C(=O)N2CCCN2CCOCC2)cc(Br)c1O. The number of benzene rings is 2. The largest absolute Gasteiger partial charge is 0.507 e. The predicted molar refractivity (Wildman–Crippen MR) is 134 cm³/mol. The van der Waals surface area contributed by atoms with Gasteiger partial charge >= 0.3 is 0 Å². The molecule has 0 aliphatic carbocycles. The van der Waals surface area contributed by atoms with E-state index in [2.05, 4.69) is 20.8 Å². The number of aryl methyl sites for hydroxylation is 1. The van der Waals surface area contributed by atoms with Gasteiger partial charge in [-0.2, -0.15) is 0 Å². The number of halogens is 2. The molecule has 1 amide bonds. The predicted octanol–water partition coefficient (Wildman–Crippen LogP) is 3.75. The molecule has 36 heavy (non-hydrogen) atoms. The number of aromatic hydroxyl groups is 1. The highest BCUT2D eigenvalue weighted by Crippen LogP contribution is 2.44. The van der Waals surface area contributed by atoms with Crippen LogP contribution in [0, 0.1) is 12.7 Å². The molecular weight excluding hydrogens is 535 g/mol. The second-order valence-corrected chi connectivity index (χ2v) is 9.67. The van der Waals surface area contributed by atoms with Crippen molar-refractivity contribution in [3.63, 3.8) is 0 Å². The molecule has 2 saturated heterocycles. The number of ketones is 1. The van der Waals surface area contributed by atoms with E-state index in [0.717, 1.165) is 19.2 Å². The van der Waals surface area contributed by atoms with Gasteiger partial charge in [0.25, 0.3) is 11.7 Å². The van der Waals surface area contributed by atoms with E-state index in [4.69, 9.17) is 9.47 Å². The molecule has 10 heteroatoms. The Bertz CT molecular complexity index is 1210. The maximum Gasteiger partial charge on any atom is 0.295 e. The third-order valence-electron chi connectivity index (χ3n) is 6.55. The van der Waals surface area contributed by atoms with Crippen molar-refractivity contribution in [1.82, 2.24) is 9.80 Å². The van der Waals surface area contributed by atoms with Crippen LogP contribution in [0.25, 0.3) is 5.76 Å². The number of amides is 1. The van der Waals surface area contributed by atoms with Gasteiger partial charge in [-0.1, -0.05) is 12.1 Å². The molecule has 2 aliphatic rings. The standard InChI is InChI=1S/C26H28BrFN2O6/c1-15-4-5-16(13-19(15)28)23(31)21-22(17-12-18(27)24(32)20(14-17)35-2)30(26(34)25(21)33)7-3-6-29-8-10-36-11-9-29/h4-5,12-14,22,31-32H,3,6-11H2,1-2H3/t22-/m1/s1. The van der Waals surface area contributed by atoms with Gasteiger partial charge in [0, 0.05) is 31.7 Å². The van der Waals surface area contributed by atoms with Crippen molar-refractivity contribution in [2.24, 2.45) is 0 Å². The number of rotatable bonds is 7. The molecule has 0 spiro atoms. The Kier molecular flexibility index (Phi) is 7.97. The van der Waals surface area contributed by atoms with Crippen LogP contribution in [0.1, 0.15) is 29.2 Å². The molecule has 0 bridgehead atoms. The summed E-state index contributed by atoms with van der Waals surface area (Å²) in [5.41, 5.74) is 0.795. The number of carbonyl (C=O) groups is 2. The number of hydrogen-bond acceptors (Lipinski definition) is 7. The number of morpholine rings is 1. The zero-order valence-corrected chi connectivity index (χ0v) is 21.7. The van der Waals surface area contributed by atoms with E-state index in [1.807, 2.05) is 0 Å². The third kappa shape index (κ3) is 5.11. The fraction of sp³-hybridized carbons (Fsp3) is 0.385. The number of aliphatic hydroxyl groups is 1. The molecular formula is C26H28BrFN2O6. The fourth-order valence-electron chi connectivity index (χ4n) is 4.55. The number of ether oxygens (including phenoxy) is 2. The molecule has 0 unspecified atom stereocenters. The van der Waals surface area contributed by atoms with Crippen LogP contribution in [0.4, 0.5) is 4.39 Å². The molecule has 2 heterocycles. The van der Waals surface area contributed by atoms with Crippen molar-refractivity contribution in [3.05, 3.63) is 62.9 Å². The average Bonchev–Trinajstić information content (AvgIpc) is 3.12. The second kappa shape index (κ2) is 11.0. The number of phenols is 1. The van der Waals surface area contributed by atoms with Gasteiger partial charge in [-0.05, 0) is 58.6 Å². The molecule has 4 rings (SSSR count). The maximum absolute atomic E-state index is 14.3. The van der Waals surface area contributed by atoms with Crippen LogP contribution in [-0.2, 0) is 14.3 Å². The zero-order valence-electron chi connectivity index (χ0n) is 20.1. The van der Waals surface area contributed by atoms with Crippen molar-refractivity contribution in [3.8, 4) is 11.5 Å². The summed E-state index contributed by atoms with van der Waals surface area (Å²) in [6, 6.07) is 6.29. The molecule has 192 valence electrons. The number of methoxy groups -OCH3 is 1. The van der Waals surface area contributed by atoms with Crippen LogP contribution < -0.4 is 4.74 Å². The van der Waals surface area contributed by atoms with E-state index in [9.17, 15) is 24.2 Å². The first-order valence-electron chi connectivity index (χ1n) is 11.6. The molecule has 2 aromatic rings. The summed E-state index contributed by atoms with van der Waals surface area (Å²) in [5, 5.41) is 21.4. The zero-order chi connectivity index (χ0) is 26.0. The quantitative estimate of drug-likeness (QED) is 0.301. The number of hydrogen-bond donors (Lipinski definition) is 2. The average molecular weight is 563 g/mol. The number of nitrogens with zero attached hydrogens (tertiary/aromatic N) is 2. The van der Waals surface area contributed by atoms with E-state index in [-0.39, 0.29) is 29.2 Å². The summed E-state index contributed by atoms with van der Waals surface area (Å²) in [5.74, 6) is -2.60. The summed E-state index contributed by atoms with van der Waals surface area (Å²) in [4.78, 5) is 30.0. The van der Waals surface area contributed by atoms with E-state index >= 15 is 0 Å². The van der Waals surface area contributed by atoms with Crippen LogP contribution >= 0.6 is 15.9 Å². The third-order valence-corrected chi connectivity index (χ3v) is 7.15. The van der Waals surface area contributed by atoms with E-state index < -0.39 is 29.3 Å². The Hall–Kier alpha value is -2.95. The smallest absolute Gasteiger partial charge is 0.295 e. The number of likely N-dealkylation sites (tertiary alicyclic amines) is 1. The summed E-state index contributed by atoms with van der Waals surface area (Å²) in [7, 11) is 1.39. The molecule has 1 atom stereocenters. The molecule has 2 aromatic carbocycles. The minimum Gasteiger partial charge on any atom is -0.507 e. The van der Waals surface area contributed by atoms with E-state index in [1.54, 1.807) is 13.0 Å². The van der Waals surface area contributed by atoms with Gasteiger partial charge in [0.05, 0.1) is 36.4 Å². The molecule has 0 radical (unpaired) electrons. The number of aliphatic hydroxyl groups excluding tert-OH is 1. The van der Waals surface area contributed by atoms with Crippen molar-refractivity contribution in [1.29, 1.82) is 0 Å². The maximum atomic E-state index is 14.3. The van der Waals surface area contributed by atoms with Gasteiger partial charge in [0.1, 0.15) is 11.6 Å².